The van der Waals surface area contributed by atoms with E-state index in [1.165, 1.54) is 80.1 Å². The summed E-state index contributed by atoms with van der Waals surface area (Å²) in [7, 11) is 0. The molecular formula is C47H46Cl2F2Zr-2. The third-order valence-electron chi connectivity index (χ3n) is 10.2. The van der Waals surface area contributed by atoms with Crippen molar-refractivity contribution in [2.24, 2.45) is 11.3 Å². The van der Waals surface area contributed by atoms with Crippen LogP contribution in [0.1, 0.15) is 95.2 Å². The Morgan fingerprint density at radius 1 is 0.750 bits per heavy atom. The minimum atomic E-state index is -0.270. The van der Waals surface area contributed by atoms with E-state index >= 15 is 0 Å². The number of fused-ring (bicyclic) bond motifs is 5. The van der Waals surface area contributed by atoms with Gasteiger partial charge >= 0.3 is 108 Å². The summed E-state index contributed by atoms with van der Waals surface area (Å²) in [4.78, 5) is 0. The zero-order valence-corrected chi connectivity index (χ0v) is 35.2. The summed E-state index contributed by atoms with van der Waals surface area (Å²) < 4.78 is 27.0. The van der Waals surface area contributed by atoms with Crippen LogP contribution in [0.25, 0.3) is 33.7 Å². The number of rotatable bonds is 3. The van der Waals surface area contributed by atoms with E-state index in [4.69, 9.17) is 0 Å². The van der Waals surface area contributed by atoms with E-state index in [2.05, 4.69) is 128 Å². The van der Waals surface area contributed by atoms with Crippen molar-refractivity contribution in [3.63, 3.8) is 0 Å². The average Bonchev–Trinajstić information content (AvgIpc) is 3.83. The van der Waals surface area contributed by atoms with Gasteiger partial charge in [0, 0.05) is 10.8 Å². The fourth-order valence-electron chi connectivity index (χ4n) is 6.97. The van der Waals surface area contributed by atoms with Crippen molar-refractivity contribution in [3.05, 3.63) is 160 Å². The summed E-state index contributed by atoms with van der Waals surface area (Å²) in [5, 5.41) is 5.53. The Labute approximate surface area is 336 Å². The number of allylic oxidation sites excluding steroid dienone is 6. The minimum absolute atomic E-state index is 0. The molecule has 8 rings (SSSR count). The maximum absolute atomic E-state index is 13.0. The zero-order chi connectivity index (χ0) is 36.0. The Morgan fingerprint density at radius 2 is 1.21 bits per heavy atom. The predicted molar refractivity (Wildman–Crippen MR) is 206 cm³/mol. The Hall–Kier alpha value is -3.10. The van der Waals surface area contributed by atoms with Crippen LogP contribution in [0.4, 0.5) is 8.78 Å². The molecule has 0 spiro atoms. The van der Waals surface area contributed by atoms with Crippen molar-refractivity contribution in [2.45, 2.75) is 72.6 Å². The van der Waals surface area contributed by atoms with Crippen LogP contribution < -0.4 is 24.8 Å². The van der Waals surface area contributed by atoms with Crippen LogP contribution >= 0.6 is 0 Å². The summed E-state index contributed by atoms with van der Waals surface area (Å²) >= 11 is 1.13. The van der Waals surface area contributed by atoms with Crippen LogP contribution in [0, 0.1) is 29.0 Å². The minimum Gasteiger partial charge on any atom is -1.00 e. The van der Waals surface area contributed by atoms with Gasteiger partial charge in [-0.05, 0) is 11.1 Å². The quantitative estimate of drug-likeness (QED) is 0.177. The van der Waals surface area contributed by atoms with Crippen molar-refractivity contribution >= 4 is 36.9 Å². The van der Waals surface area contributed by atoms with Gasteiger partial charge in [0.15, 0.2) is 0 Å². The topological polar surface area (TPSA) is 0 Å². The molecule has 0 heterocycles. The Morgan fingerprint density at radius 3 is 1.58 bits per heavy atom. The van der Waals surface area contributed by atoms with Gasteiger partial charge in [0.1, 0.15) is 0 Å². The molecule has 5 aromatic rings. The van der Waals surface area contributed by atoms with E-state index in [0.29, 0.717) is 11.3 Å². The third kappa shape index (κ3) is 8.81. The Balaban J connectivity index is 0.000000184. The van der Waals surface area contributed by atoms with Gasteiger partial charge in [0.05, 0.1) is 0 Å². The second-order valence-corrected chi connectivity index (χ2v) is 17.1. The van der Waals surface area contributed by atoms with Gasteiger partial charge in [-0.25, -0.2) is 6.08 Å². The number of hydrogen-bond acceptors (Lipinski definition) is 0. The molecule has 1 atom stereocenters. The van der Waals surface area contributed by atoms with Crippen molar-refractivity contribution in [3.8, 4) is 0 Å². The van der Waals surface area contributed by atoms with Gasteiger partial charge in [-0.1, -0.05) is 121 Å². The normalized spacial score (nSPS) is 16.9. The van der Waals surface area contributed by atoms with E-state index in [1.807, 2.05) is 12.1 Å². The molecule has 0 nitrogen and oxygen atoms in total. The fourth-order valence-corrected chi connectivity index (χ4v) is 7.74. The first-order valence-corrected chi connectivity index (χ1v) is 18.8. The summed E-state index contributed by atoms with van der Waals surface area (Å²) in [5.74, 6) is 0.0341. The summed E-state index contributed by atoms with van der Waals surface area (Å²) in [6.45, 7) is 18.1. The first-order valence-electron chi connectivity index (χ1n) is 17.6. The summed E-state index contributed by atoms with van der Waals surface area (Å²) in [5.41, 5.74) is 9.33. The molecule has 0 saturated carbocycles. The number of halogens is 4. The largest absolute Gasteiger partial charge is 1.00 e. The average molecular weight is 811 g/mol. The van der Waals surface area contributed by atoms with Gasteiger partial charge in [-0.15, -0.1) is 39.7 Å². The molecule has 0 saturated heterocycles. The van der Waals surface area contributed by atoms with Crippen LogP contribution in [-0.2, 0) is 35.1 Å². The van der Waals surface area contributed by atoms with Crippen LogP contribution in [0.15, 0.2) is 109 Å². The molecular weight excluding hydrogens is 765 g/mol. The Kier molecular flexibility index (Phi) is 12.9. The van der Waals surface area contributed by atoms with Gasteiger partial charge < -0.3 is 24.8 Å². The molecule has 3 aliphatic rings. The van der Waals surface area contributed by atoms with Crippen molar-refractivity contribution < 1.29 is 57.8 Å². The van der Waals surface area contributed by atoms with E-state index in [0.717, 1.165) is 38.6 Å². The molecule has 0 bridgehead atoms. The molecule has 0 aromatic heterocycles. The van der Waals surface area contributed by atoms with Crippen LogP contribution in [-0.4, -0.2) is 3.21 Å². The van der Waals surface area contributed by atoms with E-state index in [1.54, 1.807) is 12.1 Å². The van der Waals surface area contributed by atoms with Gasteiger partial charge in [-0.2, -0.15) is 11.6 Å². The van der Waals surface area contributed by atoms with Crippen LogP contribution in [0.3, 0.4) is 0 Å². The smallest absolute Gasteiger partial charge is 1.00 e. The zero-order valence-electron chi connectivity index (χ0n) is 31.3. The van der Waals surface area contributed by atoms with Gasteiger partial charge in [0.25, 0.3) is 0 Å². The number of hydrogen-bond donors (Lipinski definition) is 0. The van der Waals surface area contributed by atoms with E-state index < -0.39 is 0 Å². The maximum Gasteiger partial charge on any atom is -1.00 e. The molecule has 5 heteroatoms. The van der Waals surface area contributed by atoms with Crippen molar-refractivity contribution in [2.75, 3.05) is 0 Å². The standard InChI is InChI=1S/C23H21.C13H8F2.C11H17.2ClH.Zr/c1-22(2)7-5-14-10-18-16(12-20(14)22)9-17-13-21-15(11-19(17)18)6-8-23(21,3)4;14-12-5-1-3-10(8-12)7-11-4-2-6-13(15)9-11;1-5-9-6-7-10(8-9)11(2,3)4;;;/h5-13H,1-4H3;1-6,8-9H;7-9H,5H2,1-4H3;2*1H;/q-1;;-1;;;+2/p-2. The molecule has 5 aromatic carbocycles. The molecule has 0 fully saturated rings. The van der Waals surface area contributed by atoms with Crippen molar-refractivity contribution in [1.82, 2.24) is 0 Å². The molecule has 0 amide bonds. The molecule has 1 unspecified atom stereocenters. The first kappa shape index (κ1) is 41.7. The Bertz CT molecular complexity index is 2110. The van der Waals surface area contributed by atoms with Gasteiger partial charge in [-0.3, -0.25) is 6.08 Å². The second-order valence-electron chi connectivity index (χ2n) is 15.9. The maximum atomic E-state index is 13.0. The first-order chi connectivity index (χ1) is 23.6. The summed E-state index contributed by atoms with van der Waals surface area (Å²) in [6, 6.07) is 24.7. The molecule has 3 aliphatic carbocycles. The number of benzene rings is 4. The monoisotopic (exact) mass is 808 g/mol. The van der Waals surface area contributed by atoms with Crippen LogP contribution in [0.5, 0.6) is 0 Å². The van der Waals surface area contributed by atoms with Gasteiger partial charge in [0.2, 0.25) is 0 Å². The molecule has 0 radical (unpaired) electrons. The second kappa shape index (κ2) is 16.1. The fraction of sp³-hybridized carbons (Fsp3) is 0.277. The van der Waals surface area contributed by atoms with E-state index in [-0.39, 0.29) is 47.3 Å². The third-order valence-corrected chi connectivity index (χ3v) is 11.6. The van der Waals surface area contributed by atoms with Crippen LogP contribution in [0.2, 0.25) is 0 Å². The molecule has 268 valence electrons. The molecule has 0 aliphatic heterocycles. The predicted octanol–water partition coefficient (Wildman–Crippen LogP) is 6.77. The SMILES string of the molecule is CC1(C)C=Cc2cc3c(cc21)[cH-]c1cc2c(cc13)C=CC2(C)C.CCC1[C-]=CC(C(C)(C)C)=C1.Fc1cccc([C](=[Zr+2])c2cccc(F)c2)c1.[Cl-].[Cl-]. The van der Waals surface area contributed by atoms with Crippen molar-refractivity contribution in [1.29, 1.82) is 0 Å². The summed E-state index contributed by atoms with van der Waals surface area (Å²) in [6.07, 6.45) is 18.2. The molecule has 52 heavy (non-hydrogen) atoms. The molecule has 0 N–H and O–H groups in total. The van der Waals surface area contributed by atoms with E-state index in [9.17, 15) is 8.78 Å².